The highest BCUT2D eigenvalue weighted by Crippen LogP contribution is 2.31. The number of nitrogens with zero attached hydrogens (tertiary/aromatic N) is 5. The molecule has 0 unspecified atom stereocenters. The van der Waals surface area contributed by atoms with Gasteiger partial charge in [0.2, 0.25) is 5.82 Å². The van der Waals surface area contributed by atoms with Crippen LogP contribution in [-0.2, 0) is 17.8 Å². The molecule has 1 aliphatic heterocycles. The summed E-state index contributed by atoms with van der Waals surface area (Å²) in [6.07, 6.45) is 2.61. The molecule has 2 aromatic carbocycles. The molecule has 0 spiro atoms. The van der Waals surface area contributed by atoms with E-state index in [4.69, 9.17) is 9.63 Å². The largest absolute Gasteiger partial charge is 0.480 e. The van der Waals surface area contributed by atoms with Crippen LogP contribution in [0, 0.1) is 0 Å². The lowest BCUT2D eigenvalue weighted by molar-refractivity contribution is -0.138. The van der Waals surface area contributed by atoms with Gasteiger partial charge in [-0.05, 0) is 49.6 Å². The van der Waals surface area contributed by atoms with Gasteiger partial charge in [-0.2, -0.15) is 10.1 Å². The van der Waals surface area contributed by atoms with Gasteiger partial charge in [0, 0.05) is 35.6 Å². The summed E-state index contributed by atoms with van der Waals surface area (Å²) in [5.74, 6) is 0.213. The normalized spacial score (nSPS) is 14.3. The van der Waals surface area contributed by atoms with Crippen molar-refractivity contribution in [2.75, 3.05) is 13.1 Å². The fourth-order valence-electron chi connectivity index (χ4n) is 4.25. The van der Waals surface area contributed by atoms with Crippen molar-refractivity contribution in [2.24, 2.45) is 0 Å². The smallest absolute Gasteiger partial charge is 0.317 e. The maximum Gasteiger partial charge on any atom is 0.317 e. The Labute approximate surface area is 179 Å². The monoisotopic (exact) mass is 417 g/mol. The number of carbonyl (C=O) groups is 1. The van der Waals surface area contributed by atoms with E-state index in [1.54, 1.807) is 0 Å². The molecule has 1 aliphatic rings. The van der Waals surface area contributed by atoms with Gasteiger partial charge in [0.25, 0.3) is 5.89 Å². The van der Waals surface area contributed by atoms with Crippen LogP contribution >= 0.6 is 0 Å². The van der Waals surface area contributed by atoms with Gasteiger partial charge in [-0.25, -0.2) is 0 Å². The predicted octanol–water partition coefficient (Wildman–Crippen LogP) is 3.78. The van der Waals surface area contributed by atoms with Crippen LogP contribution in [0.2, 0.25) is 0 Å². The summed E-state index contributed by atoms with van der Waals surface area (Å²) in [4.78, 5) is 17.6. The first kappa shape index (κ1) is 19.4. The Bertz CT molecular complexity index is 1270. The SMILES string of the molecule is CC(C)n1ncc2cc(-c3nc(-c4cccc5c4CCN(CC(=O)O)C5)no3)ccc21. The second kappa shape index (κ2) is 7.63. The molecule has 0 aliphatic carbocycles. The average Bonchev–Trinajstić information content (AvgIpc) is 3.39. The van der Waals surface area contributed by atoms with E-state index in [-0.39, 0.29) is 12.6 Å². The van der Waals surface area contributed by atoms with Gasteiger partial charge < -0.3 is 9.63 Å². The summed E-state index contributed by atoms with van der Waals surface area (Å²) in [7, 11) is 0. The van der Waals surface area contributed by atoms with Gasteiger partial charge >= 0.3 is 5.97 Å². The number of fused-ring (bicyclic) bond motifs is 2. The molecular formula is C23H23N5O3. The first-order chi connectivity index (χ1) is 15.0. The van der Waals surface area contributed by atoms with Crippen molar-refractivity contribution < 1.29 is 14.4 Å². The zero-order valence-corrected chi connectivity index (χ0v) is 17.4. The Morgan fingerprint density at radius 1 is 1.26 bits per heavy atom. The Morgan fingerprint density at radius 3 is 2.94 bits per heavy atom. The number of aromatic nitrogens is 4. The van der Waals surface area contributed by atoms with Gasteiger partial charge in [-0.15, -0.1) is 0 Å². The fraction of sp³-hybridized carbons (Fsp3) is 0.304. The van der Waals surface area contributed by atoms with Crippen LogP contribution in [0.3, 0.4) is 0 Å². The molecule has 158 valence electrons. The van der Waals surface area contributed by atoms with E-state index in [0.29, 0.717) is 24.8 Å². The van der Waals surface area contributed by atoms with Crippen molar-refractivity contribution in [2.45, 2.75) is 32.9 Å². The molecule has 8 heteroatoms. The number of hydrogen-bond donors (Lipinski definition) is 1. The van der Waals surface area contributed by atoms with Crippen LogP contribution in [-0.4, -0.2) is 49.0 Å². The summed E-state index contributed by atoms with van der Waals surface area (Å²) in [6.45, 7) is 5.55. The molecule has 0 radical (unpaired) electrons. The molecule has 8 nitrogen and oxygen atoms in total. The Balaban J connectivity index is 1.45. The molecule has 0 saturated carbocycles. The number of rotatable bonds is 5. The van der Waals surface area contributed by atoms with Crippen molar-refractivity contribution in [3.8, 4) is 22.8 Å². The third-order valence-corrected chi connectivity index (χ3v) is 5.70. The molecule has 4 aromatic rings. The minimum atomic E-state index is -0.807. The number of carboxylic acid groups (broad SMARTS) is 1. The van der Waals surface area contributed by atoms with Crippen molar-refractivity contribution in [3.05, 3.63) is 53.7 Å². The molecule has 31 heavy (non-hydrogen) atoms. The lowest BCUT2D eigenvalue weighted by atomic mass is 9.94. The molecule has 5 rings (SSSR count). The highest BCUT2D eigenvalue weighted by molar-refractivity contribution is 5.83. The van der Waals surface area contributed by atoms with Crippen molar-refractivity contribution in [1.29, 1.82) is 0 Å². The average molecular weight is 417 g/mol. The van der Waals surface area contributed by atoms with Crippen LogP contribution in [0.15, 0.2) is 47.1 Å². The van der Waals surface area contributed by atoms with Gasteiger partial charge in [-0.3, -0.25) is 14.4 Å². The van der Waals surface area contributed by atoms with E-state index in [9.17, 15) is 4.79 Å². The zero-order chi connectivity index (χ0) is 21.5. The second-order valence-corrected chi connectivity index (χ2v) is 8.18. The maximum absolute atomic E-state index is 11.0. The Kier molecular flexibility index (Phi) is 4.78. The molecule has 0 amide bonds. The highest BCUT2D eigenvalue weighted by atomic mass is 16.5. The highest BCUT2D eigenvalue weighted by Gasteiger charge is 2.23. The topological polar surface area (TPSA) is 97.3 Å². The van der Waals surface area contributed by atoms with E-state index >= 15 is 0 Å². The van der Waals surface area contributed by atoms with E-state index < -0.39 is 5.97 Å². The molecule has 0 saturated heterocycles. The zero-order valence-electron chi connectivity index (χ0n) is 17.4. The third-order valence-electron chi connectivity index (χ3n) is 5.70. The number of hydrogen-bond acceptors (Lipinski definition) is 6. The summed E-state index contributed by atoms with van der Waals surface area (Å²) in [6, 6.07) is 12.3. The molecule has 0 bridgehead atoms. The quantitative estimate of drug-likeness (QED) is 0.528. The summed E-state index contributed by atoms with van der Waals surface area (Å²) in [5, 5.41) is 18.8. The predicted molar refractivity (Wildman–Crippen MR) is 115 cm³/mol. The van der Waals surface area contributed by atoms with Crippen LogP contribution < -0.4 is 0 Å². The van der Waals surface area contributed by atoms with Crippen LogP contribution in [0.5, 0.6) is 0 Å². The van der Waals surface area contributed by atoms with Gasteiger partial charge in [0.15, 0.2) is 0 Å². The van der Waals surface area contributed by atoms with Gasteiger partial charge in [0.05, 0.1) is 18.3 Å². The molecule has 0 fully saturated rings. The molecular weight excluding hydrogens is 394 g/mol. The maximum atomic E-state index is 11.0. The first-order valence-electron chi connectivity index (χ1n) is 10.4. The Morgan fingerprint density at radius 2 is 2.13 bits per heavy atom. The standard InChI is InChI=1S/C23H23N5O3/c1-14(2)28-20-7-6-15(10-17(20)11-24-28)23-25-22(26-31-23)19-5-3-4-16-12-27(13-21(29)30)9-8-18(16)19/h3-7,10-11,14H,8-9,12-13H2,1-2H3,(H,29,30). The minimum Gasteiger partial charge on any atom is -0.480 e. The summed E-state index contributed by atoms with van der Waals surface area (Å²) in [5.41, 5.74) is 5.13. The summed E-state index contributed by atoms with van der Waals surface area (Å²) < 4.78 is 7.58. The van der Waals surface area contributed by atoms with Crippen molar-refractivity contribution in [3.63, 3.8) is 0 Å². The number of benzene rings is 2. The van der Waals surface area contributed by atoms with E-state index in [0.717, 1.165) is 39.6 Å². The van der Waals surface area contributed by atoms with Gasteiger partial charge in [0.1, 0.15) is 0 Å². The number of carboxylic acids is 1. The molecule has 2 aromatic heterocycles. The van der Waals surface area contributed by atoms with E-state index in [2.05, 4.69) is 29.1 Å². The fourth-order valence-corrected chi connectivity index (χ4v) is 4.25. The second-order valence-electron chi connectivity index (χ2n) is 8.18. The molecule has 3 heterocycles. The molecule has 0 atom stereocenters. The van der Waals surface area contributed by atoms with Crippen molar-refractivity contribution >= 4 is 16.9 Å². The third kappa shape index (κ3) is 3.59. The number of aliphatic carboxylic acids is 1. The first-order valence-corrected chi connectivity index (χ1v) is 10.4. The van der Waals surface area contributed by atoms with Crippen LogP contribution in [0.25, 0.3) is 33.7 Å². The minimum absolute atomic E-state index is 0.0475. The van der Waals surface area contributed by atoms with E-state index in [1.807, 2.05) is 52.2 Å². The van der Waals surface area contributed by atoms with Gasteiger partial charge in [-0.1, -0.05) is 23.4 Å². The van der Waals surface area contributed by atoms with Crippen molar-refractivity contribution in [1.82, 2.24) is 24.8 Å². The lowest BCUT2D eigenvalue weighted by Gasteiger charge is -2.28. The summed E-state index contributed by atoms with van der Waals surface area (Å²) >= 11 is 0. The Hall–Kier alpha value is -3.52. The van der Waals surface area contributed by atoms with Crippen LogP contribution in [0.1, 0.15) is 31.0 Å². The van der Waals surface area contributed by atoms with E-state index in [1.165, 1.54) is 0 Å². The molecule has 1 N–H and O–H groups in total. The van der Waals surface area contributed by atoms with Crippen LogP contribution in [0.4, 0.5) is 0 Å². The lowest BCUT2D eigenvalue weighted by Crippen LogP contribution is -2.34.